The second-order valence-electron chi connectivity index (χ2n) is 4.18. The maximum absolute atomic E-state index is 10.5. The predicted octanol–water partition coefficient (Wildman–Crippen LogP) is 1.75. The summed E-state index contributed by atoms with van der Waals surface area (Å²) >= 11 is 0. The Balaban J connectivity index is 2.32. The maximum Gasteiger partial charge on any atom is 0.330 e. The third-order valence-electron chi connectivity index (χ3n) is 2.87. The van der Waals surface area contributed by atoms with E-state index in [1.165, 1.54) is 12.8 Å². The molecule has 1 rings (SSSR count). The number of carboxylic acid groups (broad SMARTS) is 1. The van der Waals surface area contributed by atoms with Crippen molar-refractivity contribution in [3.05, 3.63) is 11.6 Å². The molecule has 0 bridgehead atoms. The summed E-state index contributed by atoms with van der Waals surface area (Å²) in [6.07, 6.45) is 4.28. The number of carboxylic acids is 1. The smallest absolute Gasteiger partial charge is 0.330 e. The molecule has 0 aliphatic carbocycles. The van der Waals surface area contributed by atoms with E-state index in [0.29, 0.717) is 5.57 Å². The van der Waals surface area contributed by atoms with Crippen LogP contribution in [0.15, 0.2) is 11.6 Å². The Hall–Kier alpha value is -0.830. The lowest BCUT2D eigenvalue weighted by molar-refractivity contribution is -0.132. The summed E-state index contributed by atoms with van der Waals surface area (Å²) in [5, 5.41) is 8.67. The zero-order valence-corrected chi connectivity index (χ0v) is 8.99. The predicted molar refractivity (Wildman–Crippen MR) is 56.2 cm³/mol. The van der Waals surface area contributed by atoms with Crippen LogP contribution in [0.3, 0.4) is 0 Å². The van der Waals surface area contributed by atoms with Crippen LogP contribution in [0.4, 0.5) is 0 Å². The average molecular weight is 197 g/mol. The summed E-state index contributed by atoms with van der Waals surface area (Å²) < 4.78 is 0. The summed E-state index contributed by atoms with van der Waals surface area (Å²) in [5.74, 6) is 0.0196. The molecule has 3 nitrogen and oxygen atoms in total. The fourth-order valence-electron chi connectivity index (χ4n) is 1.60. The lowest BCUT2D eigenvalue weighted by Gasteiger charge is -2.29. The van der Waals surface area contributed by atoms with Crippen LogP contribution in [-0.2, 0) is 4.79 Å². The number of hydrogen-bond acceptors (Lipinski definition) is 2. The first-order valence-electron chi connectivity index (χ1n) is 5.22. The van der Waals surface area contributed by atoms with E-state index in [2.05, 4.69) is 11.8 Å². The molecule has 1 aliphatic rings. The average Bonchev–Trinajstić information content (AvgIpc) is 2.16. The largest absolute Gasteiger partial charge is 0.478 e. The van der Waals surface area contributed by atoms with Crippen LogP contribution in [0.1, 0.15) is 26.7 Å². The Morgan fingerprint density at radius 3 is 2.57 bits per heavy atom. The van der Waals surface area contributed by atoms with Gasteiger partial charge in [-0.1, -0.05) is 13.0 Å². The van der Waals surface area contributed by atoms with Crippen molar-refractivity contribution in [1.29, 1.82) is 0 Å². The summed E-state index contributed by atoms with van der Waals surface area (Å²) in [6.45, 7) is 6.91. The molecule has 14 heavy (non-hydrogen) atoms. The first-order valence-corrected chi connectivity index (χ1v) is 5.22. The molecule has 0 radical (unpaired) electrons. The monoisotopic (exact) mass is 197 g/mol. The van der Waals surface area contributed by atoms with Crippen LogP contribution >= 0.6 is 0 Å². The highest BCUT2D eigenvalue weighted by molar-refractivity contribution is 5.85. The van der Waals surface area contributed by atoms with E-state index in [4.69, 9.17) is 5.11 Å². The van der Waals surface area contributed by atoms with Crippen molar-refractivity contribution in [2.24, 2.45) is 5.92 Å². The van der Waals surface area contributed by atoms with Gasteiger partial charge in [0.25, 0.3) is 0 Å². The molecule has 0 saturated carbocycles. The van der Waals surface area contributed by atoms with Gasteiger partial charge in [0.15, 0.2) is 0 Å². The van der Waals surface area contributed by atoms with Gasteiger partial charge < -0.3 is 5.11 Å². The van der Waals surface area contributed by atoms with E-state index in [1.807, 2.05) is 0 Å². The molecule has 0 aromatic carbocycles. The number of piperidine rings is 1. The van der Waals surface area contributed by atoms with Gasteiger partial charge in [0.1, 0.15) is 0 Å². The lowest BCUT2D eigenvalue weighted by atomic mass is 9.99. The summed E-state index contributed by atoms with van der Waals surface area (Å²) in [7, 11) is 0. The van der Waals surface area contributed by atoms with Crippen LogP contribution in [-0.4, -0.2) is 35.6 Å². The first-order chi connectivity index (χ1) is 6.59. The van der Waals surface area contributed by atoms with Gasteiger partial charge in [0.05, 0.1) is 0 Å². The summed E-state index contributed by atoms with van der Waals surface area (Å²) in [6, 6.07) is 0. The van der Waals surface area contributed by atoms with Gasteiger partial charge in [-0.05, 0) is 38.8 Å². The molecular formula is C11H19NO2. The minimum atomic E-state index is -0.810. The molecule has 1 fully saturated rings. The quantitative estimate of drug-likeness (QED) is 0.701. The number of carbonyl (C=O) groups is 1. The molecule has 80 valence electrons. The molecule has 0 amide bonds. The zero-order valence-electron chi connectivity index (χ0n) is 8.99. The highest BCUT2D eigenvalue weighted by Crippen LogP contribution is 2.15. The normalized spacial score (nSPS) is 21.1. The van der Waals surface area contributed by atoms with E-state index >= 15 is 0 Å². The molecule has 0 spiro atoms. The number of hydrogen-bond donors (Lipinski definition) is 1. The van der Waals surface area contributed by atoms with Gasteiger partial charge in [-0.15, -0.1) is 0 Å². The Morgan fingerprint density at radius 1 is 1.50 bits per heavy atom. The highest BCUT2D eigenvalue weighted by atomic mass is 16.4. The van der Waals surface area contributed by atoms with Crippen molar-refractivity contribution in [2.75, 3.05) is 19.6 Å². The second kappa shape index (κ2) is 5.15. The molecular weight excluding hydrogens is 178 g/mol. The Bertz CT molecular complexity index is 227. The van der Waals surface area contributed by atoms with Crippen molar-refractivity contribution < 1.29 is 9.90 Å². The van der Waals surface area contributed by atoms with Crippen molar-refractivity contribution in [3.8, 4) is 0 Å². The van der Waals surface area contributed by atoms with E-state index in [1.54, 1.807) is 13.0 Å². The number of rotatable bonds is 3. The van der Waals surface area contributed by atoms with Gasteiger partial charge in [0.2, 0.25) is 0 Å². The van der Waals surface area contributed by atoms with E-state index in [0.717, 1.165) is 25.6 Å². The molecule has 1 heterocycles. The van der Waals surface area contributed by atoms with Gasteiger partial charge in [-0.25, -0.2) is 4.79 Å². The Morgan fingerprint density at radius 2 is 2.07 bits per heavy atom. The third kappa shape index (κ3) is 3.50. The zero-order chi connectivity index (χ0) is 10.6. The van der Waals surface area contributed by atoms with Crippen molar-refractivity contribution >= 4 is 5.97 Å². The number of aliphatic carboxylic acids is 1. The molecule has 1 aliphatic heterocycles. The molecule has 0 aromatic heterocycles. The second-order valence-corrected chi connectivity index (χ2v) is 4.18. The van der Waals surface area contributed by atoms with Gasteiger partial charge in [-0.3, -0.25) is 4.90 Å². The van der Waals surface area contributed by atoms with Crippen molar-refractivity contribution in [2.45, 2.75) is 26.7 Å². The molecule has 0 atom stereocenters. The third-order valence-corrected chi connectivity index (χ3v) is 2.87. The Kier molecular flexibility index (Phi) is 4.14. The van der Waals surface area contributed by atoms with Crippen LogP contribution in [0, 0.1) is 5.92 Å². The van der Waals surface area contributed by atoms with Crippen LogP contribution < -0.4 is 0 Å². The molecule has 1 saturated heterocycles. The van der Waals surface area contributed by atoms with Crippen molar-refractivity contribution in [3.63, 3.8) is 0 Å². The fraction of sp³-hybridized carbons (Fsp3) is 0.727. The van der Waals surface area contributed by atoms with E-state index in [9.17, 15) is 4.79 Å². The van der Waals surface area contributed by atoms with Gasteiger partial charge in [-0.2, -0.15) is 0 Å². The summed E-state index contributed by atoms with van der Waals surface area (Å²) in [4.78, 5) is 12.8. The Labute approximate surface area is 85.4 Å². The van der Waals surface area contributed by atoms with Gasteiger partial charge >= 0.3 is 5.97 Å². The number of nitrogens with zero attached hydrogens (tertiary/aromatic N) is 1. The minimum Gasteiger partial charge on any atom is -0.478 e. The van der Waals surface area contributed by atoms with Crippen LogP contribution in [0.2, 0.25) is 0 Å². The maximum atomic E-state index is 10.5. The van der Waals surface area contributed by atoms with Crippen molar-refractivity contribution in [1.82, 2.24) is 4.90 Å². The molecule has 3 heteroatoms. The van der Waals surface area contributed by atoms with E-state index < -0.39 is 5.97 Å². The topological polar surface area (TPSA) is 40.5 Å². The minimum absolute atomic E-state index is 0.448. The van der Waals surface area contributed by atoms with Crippen LogP contribution in [0.25, 0.3) is 0 Å². The van der Waals surface area contributed by atoms with E-state index in [-0.39, 0.29) is 0 Å². The first kappa shape index (κ1) is 11.2. The highest BCUT2D eigenvalue weighted by Gasteiger charge is 2.14. The summed E-state index contributed by atoms with van der Waals surface area (Å²) in [5.41, 5.74) is 0.448. The molecule has 0 aromatic rings. The molecule has 1 N–H and O–H groups in total. The molecule has 0 unspecified atom stereocenters. The lowest BCUT2D eigenvalue weighted by Crippen LogP contribution is -2.33. The SMILES string of the molecule is CC(=CCN1CCC(C)CC1)C(=O)O. The number of likely N-dealkylation sites (tertiary alicyclic amines) is 1. The standard InChI is InChI=1S/C11H19NO2/c1-9-3-6-12(7-4-9)8-5-10(2)11(13)14/h5,9H,3-4,6-8H2,1-2H3,(H,13,14). The fourth-order valence-corrected chi connectivity index (χ4v) is 1.60. The van der Waals surface area contributed by atoms with Crippen LogP contribution in [0.5, 0.6) is 0 Å². The van der Waals surface area contributed by atoms with Gasteiger partial charge in [0, 0.05) is 12.1 Å².